The van der Waals surface area contributed by atoms with Crippen LogP contribution in [0.15, 0.2) is 18.2 Å². The van der Waals surface area contributed by atoms with E-state index in [1.807, 2.05) is 0 Å². The van der Waals surface area contributed by atoms with Gasteiger partial charge in [0, 0.05) is 5.69 Å². The van der Waals surface area contributed by atoms with E-state index in [1.54, 1.807) is 0 Å². The van der Waals surface area contributed by atoms with Crippen molar-refractivity contribution in [3.05, 3.63) is 29.3 Å². The maximum absolute atomic E-state index is 12.4. The number of likely N-dealkylation sites (tertiary alicyclic amines) is 1. The lowest BCUT2D eigenvalue weighted by Gasteiger charge is -2.22. The predicted octanol–water partition coefficient (Wildman–Crippen LogP) is 2.34. The minimum atomic E-state index is 0.162. The number of benzene rings is 1. The van der Waals surface area contributed by atoms with E-state index in [4.69, 9.17) is 0 Å². The van der Waals surface area contributed by atoms with Crippen molar-refractivity contribution in [2.45, 2.75) is 52.4 Å². The lowest BCUT2D eigenvalue weighted by Crippen LogP contribution is -3.13. The standard InChI is InChI=1S/C18H28N2O/c1-3-16-11-9-10-15(2)18(16)19-17(21)14-20-12-7-5-4-6-8-13-20/h9-11H,3-8,12-14H2,1-2H3,(H,19,21)/p+1. The van der Waals surface area contributed by atoms with Crippen molar-refractivity contribution >= 4 is 11.6 Å². The Labute approximate surface area is 128 Å². The molecule has 21 heavy (non-hydrogen) atoms. The number of carbonyl (C=O) groups excluding carboxylic acids is 1. The molecule has 116 valence electrons. The summed E-state index contributed by atoms with van der Waals surface area (Å²) in [5.74, 6) is 0.162. The average molecular weight is 289 g/mol. The molecule has 0 bridgehead atoms. The lowest BCUT2D eigenvalue weighted by molar-refractivity contribution is -0.892. The summed E-state index contributed by atoms with van der Waals surface area (Å²) in [6.07, 6.45) is 7.47. The number of quaternary nitrogens is 1. The van der Waals surface area contributed by atoms with Crippen molar-refractivity contribution < 1.29 is 9.69 Å². The first-order valence-electron chi connectivity index (χ1n) is 8.42. The second-order valence-electron chi connectivity index (χ2n) is 6.21. The van der Waals surface area contributed by atoms with Crippen LogP contribution in [0.2, 0.25) is 0 Å². The zero-order valence-corrected chi connectivity index (χ0v) is 13.5. The molecule has 0 aromatic heterocycles. The molecule has 1 aromatic rings. The first-order chi connectivity index (χ1) is 10.2. The van der Waals surface area contributed by atoms with Crippen LogP contribution in [0, 0.1) is 6.92 Å². The SMILES string of the molecule is CCc1cccc(C)c1NC(=O)C[NH+]1CCCCCCC1. The zero-order chi connectivity index (χ0) is 15.1. The van der Waals surface area contributed by atoms with Gasteiger partial charge in [-0.15, -0.1) is 0 Å². The average Bonchev–Trinajstić information content (AvgIpc) is 2.44. The van der Waals surface area contributed by atoms with Crippen LogP contribution in [0.1, 0.15) is 50.2 Å². The van der Waals surface area contributed by atoms with Crippen LogP contribution in [0.5, 0.6) is 0 Å². The molecule has 2 N–H and O–H groups in total. The number of amides is 1. The molecule has 1 fully saturated rings. The Balaban J connectivity index is 1.94. The van der Waals surface area contributed by atoms with Crippen molar-refractivity contribution in [1.29, 1.82) is 0 Å². The quantitative estimate of drug-likeness (QED) is 0.876. The maximum atomic E-state index is 12.4. The second kappa shape index (κ2) is 8.18. The fourth-order valence-corrected chi connectivity index (χ4v) is 3.19. The van der Waals surface area contributed by atoms with Gasteiger partial charge in [-0.25, -0.2) is 0 Å². The molecule has 0 spiro atoms. The molecule has 0 atom stereocenters. The van der Waals surface area contributed by atoms with E-state index < -0.39 is 0 Å². The van der Waals surface area contributed by atoms with Gasteiger partial charge in [-0.05, 0) is 50.2 Å². The third-order valence-corrected chi connectivity index (χ3v) is 4.48. The highest BCUT2D eigenvalue weighted by Gasteiger charge is 2.17. The molecule has 0 saturated carbocycles. The minimum absolute atomic E-state index is 0.162. The predicted molar refractivity (Wildman–Crippen MR) is 87.8 cm³/mol. The highest BCUT2D eigenvalue weighted by molar-refractivity contribution is 5.93. The van der Waals surface area contributed by atoms with Crippen LogP contribution in [-0.2, 0) is 11.2 Å². The molecule has 1 heterocycles. The van der Waals surface area contributed by atoms with Gasteiger partial charge in [0.1, 0.15) is 0 Å². The summed E-state index contributed by atoms with van der Waals surface area (Å²) < 4.78 is 0. The van der Waals surface area contributed by atoms with Gasteiger partial charge in [0.15, 0.2) is 6.54 Å². The summed E-state index contributed by atoms with van der Waals surface area (Å²) in [7, 11) is 0. The van der Waals surface area contributed by atoms with Gasteiger partial charge >= 0.3 is 0 Å². The summed E-state index contributed by atoms with van der Waals surface area (Å²) in [5.41, 5.74) is 3.41. The topological polar surface area (TPSA) is 33.5 Å². The number of hydrogen-bond donors (Lipinski definition) is 2. The molecular formula is C18H29N2O+. The Morgan fingerprint density at radius 3 is 2.48 bits per heavy atom. The van der Waals surface area contributed by atoms with E-state index in [9.17, 15) is 4.79 Å². The van der Waals surface area contributed by atoms with E-state index in [1.165, 1.54) is 42.6 Å². The molecule has 0 radical (unpaired) electrons. The van der Waals surface area contributed by atoms with E-state index >= 15 is 0 Å². The van der Waals surface area contributed by atoms with Gasteiger partial charge in [-0.2, -0.15) is 0 Å². The summed E-state index contributed by atoms with van der Waals surface area (Å²) in [6.45, 7) is 7.09. The molecule has 0 aliphatic carbocycles. The highest BCUT2D eigenvalue weighted by Crippen LogP contribution is 2.20. The third-order valence-electron chi connectivity index (χ3n) is 4.48. The number of rotatable bonds is 4. The summed E-state index contributed by atoms with van der Waals surface area (Å²) >= 11 is 0. The minimum Gasteiger partial charge on any atom is -0.327 e. The van der Waals surface area contributed by atoms with E-state index in [0.29, 0.717) is 6.54 Å². The Hall–Kier alpha value is -1.35. The number of para-hydroxylation sites is 1. The van der Waals surface area contributed by atoms with Gasteiger partial charge in [0.2, 0.25) is 0 Å². The largest absolute Gasteiger partial charge is 0.327 e. The molecule has 1 aliphatic heterocycles. The molecule has 0 unspecified atom stereocenters. The fourth-order valence-electron chi connectivity index (χ4n) is 3.19. The number of hydrogen-bond acceptors (Lipinski definition) is 1. The van der Waals surface area contributed by atoms with Crippen LogP contribution < -0.4 is 10.2 Å². The summed E-state index contributed by atoms with van der Waals surface area (Å²) in [4.78, 5) is 13.8. The van der Waals surface area contributed by atoms with Gasteiger partial charge in [-0.3, -0.25) is 4.79 Å². The van der Waals surface area contributed by atoms with Crippen LogP contribution in [0.25, 0.3) is 0 Å². The number of anilines is 1. The molecule has 1 aliphatic rings. The normalized spacial score (nSPS) is 17.0. The fraction of sp³-hybridized carbons (Fsp3) is 0.611. The highest BCUT2D eigenvalue weighted by atomic mass is 16.2. The monoisotopic (exact) mass is 289 g/mol. The maximum Gasteiger partial charge on any atom is 0.279 e. The van der Waals surface area contributed by atoms with Crippen LogP contribution >= 0.6 is 0 Å². The molecule has 1 saturated heterocycles. The van der Waals surface area contributed by atoms with E-state index in [2.05, 4.69) is 37.4 Å². The van der Waals surface area contributed by atoms with Gasteiger partial charge in [0.05, 0.1) is 13.1 Å². The first kappa shape index (κ1) is 16.0. The van der Waals surface area contributed by atoms with Crippen molar-refractivity contribution in [1.82, 2.24) is 0 Å². The second-order valence-corrected chi connectivity index (χ2v) is 6.21. The molecule has 1 aromatic carbocycles. The number of nitrogens with one attached hydrogen (secondary N) is 2. The van der Waals surface area contributed by atoms with E-state index in [-0.39, 0.29) is 5.91 Å². The van der Waals surface area contributed by atoms with Crippen molar-refractivity contribution in [3.63, 3.8) is 0 Å². The Morgan fingerprint density at radius 1 is 1.14 bits per heavy atom. The molecule has 3 heteroatoms. The summed E-state index contributed by atoms with van der Waals surface area (Å²) in [5, 5.41) is 3.15. The first-order valence-corrected chi connectivity index (χ1v) is 8.42. The molecule has 1 amide bonds. The Morgan fingerprint density at radius 2 is 1.81 bits per heavy atom. The van der Waals surface area contributed by atoms with Crippen molar-refractivity contribution in [2.24, 2.45) is 0 Å². The van der Waals surface area contributed by atoms with Gasteiger partial charge in [-0.1, -0.05) is 31.5 Å². The van der Waals surface area contributed by atoms with Crippen LogP contribution in [0.3, 0.4) is 0 Å². The molecular weight excluding hydrogens is 260 g/mol. The third kappa shape index (κ3) is 4.85. The van der Waals surface area contributed by atoms with Crippen molar-refractivity contribution in [3.8, 4) is 0 Å². The Kier molecular flexibility index (Phi) is 6.24. The number of aryl methyl sites for hydroxylation is 2. The van der Waals surface area contributed by atoms with Crippen LogP contribution in [-0.4, -0.2) is 25.5 Å². The zero-order valence-electron chi connectivity index (χ0n) is 13.5. The van der Waals surface area contributed by atoms with Crippen LogP contribution in [0.4, 0.5) is 5.69 Å². The van der Waals surface area contributed by atoms with Gasteiger partial charge in [0.25, 0.3) is 5.91 Å². The van der Waals surface area contributed by atoms with Gasteiger partial charge < -0.3 is 10.2 Å². The molecule has 2 rings (SSSR count). The van der Waals surface area contributed by atoms with E-state index in [0.717, 1.165) is 30.8 Å². The number of carbonyl (C=O) groups is 1. The smallest absolute Gasteiger partial charge is 0.279 e. The Bertz CT molecular complexity index is 462. The lowest BCUT2D eigenvalue weighted by atomic mass is 10.1. The molecule has 3 nitrogen and oxygen atoms in total. The van der Waals surface area contributed by atoms with Crippen molar-refractivity contribution in [2.75, 3.05) is 25.0 Å². The summed E-state index contributed by atoms with van der Waals surface area (Å²) in [6, 6.07) is 6.23.